The first-order chi connectivity index (χ1) is 12.1. The van der Waals surface area contributed by atoms with Crippen LogP contribution in [0.5, 0.6) is 0 Å². The third kappa shape index (κ3) is 17.9. The van der Waals surface area contributed by atoms with Gasteiger partial charge < -0.3 is 19.3 Å². The van der Waals surface area contributed by atoms with Gasteiger partial charge in [-0.25, -0.2) is 0 Å². The molecule has 4 heteroatoms. The second-order valence-electron chi connectivity index (χ2n) is 6.83. The molecule has 0 heterocycles. The summed E-state index contributed by atoms with van der Waals surface area (Å²) in [7, 11) is 0. The van der Waals surface area contributed by atoms with Crippen LogP contribution in [0.15, 0.2) is 12.5 Å². The van der Waals surface area contributed by atoms with Gasteiger partial charge in [-0.2, -0.15) is 0 Å². The van der Waals surface area contributed by atoms with Crippen molar-refractivity contribution in [3.8, 4) is 0 Å². The Morgan fingerprint density at radius 2 is 1.32 bits per heavy atom. The van der Waals surface area contributed by atoms with Gasteiger partial charge in [-0.15, -0.1) is 0 Å². The van der Waals surface area contributed by atoms with E-state index in [4.69, 9.17) is 14.2 Å². The van der Waals surface area contributed by atoms with Gasteiger partial charge in [0.25, 0.3) is 5.95 Å². The van der Waals surface area contributed by atoms with Crippen molar-refractivity contribution in [3.05, 3.63) is 12.5 Å². The number of aliphatic hydroxyl groups is 1. The molecule has 0 saturated carbocycles. The molecule has 0 aliphatic carbocycles. The lowest BCUT2D eigenvalue weighted by Crippen LogP contribution is -2.20. The number of aliphatic hydroxyl groups excluding tert-OH is 1. The molecular weight excluding hydrogens is 316 g/mol. The molecule has 2 atom stereocenters. The van der Waals surface area contributed by atoms with Crippen LogP contribution >= 0.6 is 0 Å². The highest BCUT2D eigenvalue weighted by molar-refractivity contribution is 4.69. The first kappa shape index (κ1) is 24.3. The second kappa shape index (κ2) is 18.1. The van der Waals surface area contributed by atoms with Crippen molar-refractivity contribution in [1.29, 1.82) is 0 Å². The summed E-state index contributed by atoms with van der Waals surface area (Å²) in [6.45, 7) is 10.3. The molecule has 0 aromatic heterocycles. The van der Waals surface area contributed by atoms with E-state index in [1.807, 2.05) is 0 Å². The van der Waals surface area contributed by atoms with Crippen LogP contribution < -0.4 is 0 Å². The predicted octanol–water partition coefficient (Wildman–Crippen LogP) is 6.28. The lowest BCUT2D eigenvalue weighted by molar-refractivity contribution is -0.183. The first-order valence-electron chi connectivity index (χ1n) is 10.4. The average Bonchev–Trinajstić information content (AvgIpc) is 2.56. The van der Waals surface area contributed by atoms with Crippen LogP contribution in [0.1, 0.15) is 104 Å². The van der Waals surface area contributed by atoms with E-state index in [1.54, 1.807) is 0 Å². The summed E-state index contributed by atoms with van der Waals surface area (Å²) >= 11 is 0. The topological polar surface area (TPSA) is 47.9 Å². The Labute approximate surface area is 155 Å². The van der Waals surface area contributed by atoms with Crippen LogP contribution in [0, 0.1) is 0 Å². The van der Waals surface area contributed by atoms with Gasteiger partial charge in [-0.05, 0) is 26.3 Å². The minimum absolute atomic E-state index is 0.124. The summed E-state index contributed by atoms with van der Waals surface area (Å²) < 4.78 is 16.4. The Hall–Kier alpha value is -0.740. The molecule has 1 N–H and O–H groups in total. The summed E-state index contributed by atoms with van der Waals surface area (Å²) in [4.78, 5) is 0. The Morgan fingerprint density at radius 1 is 0.800 bits per heavy atom. The minimum atomic E-state index is -0.915. The van der Waals surface area contributed by atoms with Gasteiger partial charge in [0.2, 0.25) is 6.29 Å². The maximum atomic E-state index is 9.19. The number of unbranched alkanes of at least 4 members (excludes halogenated alkanes) is 10. The fourth-order valence-electron chi connectivity index (χ4n) is 2.72. The Morgan fingerprint density at radius 3 is 1.84 bits per heavy atom. The van der Waals surface area contributed by atoms with Gasteiger partial charge in [-0.3, -0.25) is 0 Å². The zero-order valence-corrected chi connectivity index (χ0v) is 16.9. The van der Waals surface area contributed by atoms with Crippen LogP contribution in [0.25, 0.3) is 0 Å². The smallest absolute Gasteiger partial charge is 0.276 e. The molecule has 0 saturated heterocycles. The number of hydrogen-bond acceptors (Lipinski definition) is 4. The number of ether oxygens (including phenoxy) is 3. The van der Waals surface area contributed by atoms with E-state index in [-0.39, 0.29) is 12.2 Å². The van der Waals surface area contributed by atoms with Crippen molar-refractivity contribution in [3.63, 3.8) is 0 Å². The average molecular weight is 359 g/mol. The third-order valence-electron chi connectivity index (χ3n) is 4.16. The van der Waals surface area contributed by atoms with Gasteiger partial charge in [0, 0.05) is 6.42 Å². The van der Waals surface area contributed by atoms with E-state index in [1.165, 1.54) is 64.7 Å². The van der Waals surface area contributed by atoms with Gasteiger partial charge in [0.1, 0.15) is 0 Å². The summed E-state index contributed by atoms with van der Waals surface area (Å²) in [6, 6.07) is 0. The van der Waals surface area contributed by atoms with Crippen molar-refractivity contribution in [2.24, 2.45) is 0 Å². The van der Waals surface area contributed by atoms with Crippen molar-refractivity contribution in [2.45, 2.75) is 117 Å². The monoisotopic (exact) mass is 358 g/mol. The zero-order valence-electron chi connectivity index (χ0n) is 16.9. The Bertz CT molecular complexity index is 292. The van der Waals surface area contributed by atoms with Crippen LogP contribution in [-0.2, 0) is 14.2 Å². The molecule has 0 bridgehead atoms. The van der Waals surface area contributed by atoms with Gasteiger partial charge in [0.15, 0.2) is 6.29 Å². The molecule has 2 unspecified atom stereocenters. The molecule has 0 amide bonds. The first-order valence-corrected chi connectivity index (χ1v) is 10.4. The quantitative estimate of drug-likeness (QED) is 0.168. The molecule has 0 fully saturated rings. The fraction of sp³-hybridized carbons (Fsp3) is 0.905. The van der Waals surface area contributed by atoms with Gasteiger partial charge in [-0.1, -0.05) is 78.1 Å². The minimum Gasteiger partial charge on any atom is -0.436 e. The normalized spacial score (nSPS) is 13.4. The standard InChI is InChI=1S/C21H42O4/c1-5-7-9-10-11-12-13-14-15-16-18-23-21(17-8-6-2)25-20(4)24-19(3)22/h19,21-22H,4-18H2,1-3H3. The van der Waals surface area contributed by atoms with E-state index in [0.717, 1.165) is 25.7 Å². The highest BCUT2D eigenvalue weighted by Crippen LogP contribution is 2.14. The molecule has 0 aromatic carbocycles. The van der Waals surface area contributed by atoms with E-state index in [0.29, 0.717) is 6.61 Å². The van der Waals surface area contributed by atoms with Crippen molar-refractivity contribution in [2.75, 3.05) is 6.61 Å². The fourth-order valence-corrected chi connectivity index (χ4v) is 2.72. The molecule has 4 nitrogen and oxygen atoms in total. The zero-order chi connectivity index (χ0) is 18.8. The maximum Gasteiger partial charge on any atom is 0.276 e. The van der Waals surface area contributed by atoms with Gasteiger partial charge >= 0.3 is 0 Å². The summed E-state index contributed by atoms with van der Waals surface area (Å²) in [5.41, 5.74) is 0. The highest BCUT2D eigenvalue weighted by Gasteiger charge is 2.13. The van der Waals surface area contributed by atoms with Crippen LogP contribution in [0.3, 0.4) is 0 Å². The summed E-state index contributed by atoms with van der Waals surface area (Å²) in [6.07, 6.45) is 14.8. The molecule has 0 radical (unpaired) electrons. The lowest BCUT2D eigenvalue weighted by Gasteiger charge is -2.21. The number of hydrogen-bond donors (Lipinski definition) is 1. The lowest BCUT2D eigenvalue weighted by atomic mass is 10.1. The van der Waals surface area contributed by atoms with E-state index in [2.05, 4.69) is 20.4 Å². The van der Waals surface area contributed by atoms with E-state index < -0.39 is 6.29 Å². The van der Waals surface area contributed by atoms with Crippen molar-refractivity contribution < 1.29 is 19.3 Å². The maximum absolute atomic E-state index is 9.19. The highest BCUT2D eigenvalue weighted by atomic mass is 16.8. The molecule has 150 valence electrons. The van der Waals surface area contributed by atoms with Crippen molar-refractivity contribution in [1.82, 2.24) is 0 Å². The molecular formula is C21H42O4. The van der Waals surface area contributed by atoms with E-state index >= 15 is 0 Å². The molecule has 0 aliphatic rings. The molecule has 0 spiro atoms. The summed E-state index contributed by atoms with van der Waals surface area (Å²) in [5, 5.41) is 9.19. The van der Waals surface area contributed by atoms with Crippen molar-refractivity contribution >= 4 is 0 Å². The van der Waals surface area contributed by atoms with Crippen LogP contribution in [0.4, 0.5) is 0 Å². The second-order valence-corrected chi connectivity index (χ2v) is 6.83. The third-order valence-corrected chi connectivity index (χ3v) is 4.16. The number of rotatable bonds is 19. The molecule has 0 aromatic rings. The van der Waals surface area contributed by atoms with Crippen LogP contribution in [0.2, 0.25) is 0 Å². The summed E-state index contributed by atoms with van der Waals surface area (Å²) in [5.74, 6) is 0.124. The van der Waals surface area contributed by atoms with Crippen LogP contribution in [-0.4, -0.2) is 24.3 Å². The Balaban J connectivity index is 3.65. The molecule has 0 aliphatic heterocycles. The molecule has 25 heavy (non-hydrogen) atoms. The Kier molecular flexibility index (Phi) is 17.5. The SMILES string of the molecule is C=C(OC(C)O)OC(CCCC)OCCCCCCCCCCCC. The van der Waals surface area contributed by atoms with Gasteiger partial charge in [0.05, 0.1) is 6.61 Å². The predicted molar refractivity (Wildman–Crippen MR) is 104 cm³/mol. The van der Waals surface area contributed by atoms with E-state index in [9.17, 15) is 5.11 Å². The largest absolute Gasteiger partial charge is 0.436 e. The molecule has 0 rings (SSSR count).